The molecule has 1 aliphatic rings. The van der Waals surface area contributed by atoms with Crippen LogP contribution in [-0.4, -0.2) is 11.0 Å². The van der Waals surface area contributed by atoms with Gasteiger partial charge in [0.1, 0.15) is 5.84 Å². The first-order valence-corrected chi connectivity index (χ1v) is 3.82. The molecule has 0 aliphatic heterocycles. The van der Waals surface area contributed by atoms with Crippen LogP contribution >= 0.6 is 0 Å². The summed E-state index contributed by atoms with van der Waals surface area (Å²) in [5.74, 6) is 0.762. The van der Waals surface area contributed by atoms with Gasteiger partial charge in [-0.2, -0.15) is 0 Å². The van der Waals surface area contributed by atoms with E-state index in [1.807, 2.05) is 0 Å². The normalized spacial score (nSPS) is 23.0. The van der Waals surface area contributed by atoms with Gasteiger partial charge in [-0.25, -0.2) is 0 Å². The summed E-state index contributed by atoms with van der Waals surface area (Å²) < 4.78 is 0. The highest BCUT2D eigenvalue weighted by Crippen LogP contribution is 2.23. The average Bonchev–Trinajstić information content (AvgIpc) is 2.05. The molecular formula is C7H14N2O. The predicted molar refractivity (Wildman–Crippen MR) is 40.0 cm³/mol. The van der Waals surface area contributed by atoms with E-state index in [0.29, 0.717) is 11.8 Å². The molecule has 3 N–H and O–H groups in total. The molecule has 1 saturated carbocycles. The number of hydrogen-bond donors (Lipinski definition) is 2. The van der Waals surface area contributed by atoms with Crippen LogP contribution in [0.1, 0.15) is 32.1 Å². The molecule has 0 radical (unpaired) electrons. The molecule has 0 saturated heterocycles. The van der Waals surface area contributed by atoms with Crippen molar-refractivity contribution < 1.29 is 5.21 Å². The average molecular weight is 142 g/mol. The molecule has 0 bridgehead atoms. The van der Waals surface area contributed by atoms with Crippen molar-refractivity contribution in [1.82, 2.24) is 0 Å². The molecule has 0 aromatic carbocycles. The van der Waals surface area contributed by atoms with Crippen molar-refractivity contribution in [2.24, 2.45) is 16.8 Å². The Morgan fingerprint density at radius 1 is 1.30 bits per heavy atom. The molecule has 10 heavy (non-hydrogen) atoms. The van der Waals surface area contributed by atoms with Crippen molar-refractivity contribution in [2.45, 2.75) is 32.1 Å². The number of rotatable bonds is 1. The van der Waals surface area contributed by atoms with Crippen molar-refractivity contribution in [3.63, 3.8) is 0 Å². The number of amidine groups is 1. The highest BCUT2D eigenvalue weighted by atomic mass is 16.4. The van der Waals surface area contributed by atoms with Gasteiger partial charge in [0.05, 0.1) is 0 Å². The maximum absolute atomic E-state index is 8.35. The van der Waals surface area contributed by atoms with E-state index in [-0.39, 0.29) is 0 Å². The molecule has 0 aromatic heterocycles. The summed E-state index contributed by atoms with van der Waals surface area (Å²) in [5.41, 5.74) is 5.45. The second-order valence-electron chi connectivity index (χ2n) is 2.86. The van der Waals surface area contributed by atoms with Gasteiger partial charge in [-0.3, -0.25) is 0 Å². The van der Waals surface area contributed by atoms with Crippen LogP contribution in [0.15, 0.2) is 5.16 Å². The van der Waals surface area contributed by atoms with E-state index in [9.17, 15) is 0 Å². The monoisotopic (exact) mass is 142 g/mol. The van der Waals surface area contributed by atoms with Gasteiger partial charge in [0, 0.05) is 5.92 Å². The lowest BCUT2D eigenvalue weighted by Crippen LogP contribution is -2.25. The first kappa shape index (κ1) is 7.38. The minimum Gasteiger partial charge on any atom is -0.409 e. The Hall–Kier alpha value is -0.730. The lowest BCUT2D eigenvalue weighted by molar-refractivity contribution is 0.309. The van der Waals surface area contributed by atoms with E-state index < -0.39 is 0 Å². The topological polar surface area (TPSA) is 58.6 Å². The van der Waals surface area contributed by atoms with Gasteiger partial charge in [0.25, 0.3) is 0 Å². The fourth-order valence-corrected chi connectivity index (χ4v) is 1.48. The van der Waals surface area contributed by atoms with Gasteiger partial charge in [0.2, 0.25) is 0 Å². The highest BCUT2D eigenvalue weighted by Gasteiger charge is 2.16. The third-order valence-corrected chi connectivity index (χ3v) is 2.14. The van der Waals surface area contributed by atoms with E-state index in [0.717, 1.165) is 12.8 Å². The van der Waals surface area contributed by atoms with Crippen LogP contribution in [0.25, 0.3) is 0 Å². The quantitative estimate of drug-likeness (QED) is 0.251. The summed E-state index contributed by atoms with van der Waals surface area (Å²) in [5, 5.41) is 11.4. The maximum Gasteiger partial charge on any atom is 0.142 e. The summed E-state index contributed by atoms with van der Waals surface area (Å²) in [7, 11) is 0. The van der Waals surface area contributed by atoms with E-state index in [2.05, 4.69) is 5.16 Å². The summed E-state index contributed by atoms with van der Waals surface area (Å²) in [4.78, 5) is 0. The van der Waals surface area contributed by atoms with Gasteiger partial charge in [0.15, 0.2) is 0 Å². The Morgan fingerprint density at radius 3 is 2.40 bits per heavy atom. The molecular weight excluding hydrogens is 128 g/mol. The Balaban J connectivity index is 2.39. The van der Waals surface area contributed by atoms with Crippen LogP contribution in [0.4, 0.5) is 0 Å². The molecule has 58 valence electrons. The molecule has 0 heterocycles. The molecule has 1 aliphatic carbocycles. The molecule has 1 rings (SSSR count). The van der Waals surface area contributed by atoms with Gasteiger partial charge >= 0.3 is 0 Å². The molecule has 0 aromatic rings. The first-order chi connectivity index (χ1) is 4.84. The second kappa shape index (κ2) is 3.44. The number of nitrogens with zero attached hydrogens (tertiary/aromatic N) is 1. The number of nitrogens with two attached hydrogens (primary N) is 1. The number of oxime groups is 1. The van der Waals surface area contributed by atoms with Gasteiger partial charge in [-0.05, 0) is 12.8 Å². The predicted octanol–water partition coefficient (Wildman–Crippen LogP) is 1.31. The van der Waals surface area contributed by atoms with Crippen molar-refractivity contribution in [3.05, 3.63) is 0 Å². The van der Waals surface area contributed by atoms with Crippen LogP contribution in [0.3, 0.4) is 0 Å². The minimum atomic E-state index is 0.346. The standard InChI is InChI=1S/C7H14N2O/c8-7(9-10)6-4-2-1-3-5-6/h6,10H,1-5H2,(H2,8,9). The van der Waals surface area contributed by atoms with Crippen molar-refractivity contribution >= 4 is 5.84 Å². The van der Waals surface area contributed by atoms with Gasteiger partial charge < -0.3 is 10.9 Å². The largest absolute Gasteiger partial charge is 0.409 e. The minimum absolute atomic E-state index is 0.346. The lowest BCUT2D eigenvalue weighted by atomic mass is 9.89. The van der Waals surface area contributed by atoms with Crippen LogP contribution in [-0.2, 0) is 0 Å². The summed E-state index contributed by atoms with van der Waals surface area (Å²) in [6.45, 7) is 0. The van der Waals surface area contributed by atoms with Crippen LogP contribution in [0.5, 0.6) is 0 Å². The van der Waals surface area contributed by atoms with Crippen LogP contribution in [0, 0.1) is 5.92 Å². The second-order valence-corrected chi connectivity index (χ2v) is 2.86. The Morgan fingerprint density at radius 2 is 1.90 bits per heavy atom. The Labute approximate surface area is 60.9 Å². The van der Waals surface area contributed by atoms with E-state index >= 15 is 0 Å². The molecule has 3 heteroatoms. The van der Waals surface area contributed by atoms with Crippen LogP contribution in [0.2, 0.25) is 0 Å². The zero-order valence-corrected chi connectivity index (χ0v) is 6.08. The molecule has 0 amide bonds. The van der Waals surface area contributed by atoms with Crippen molar-refractivity contribution in [2.75, 3.05) is 0 Å². The molecule has 0 spiro atoms. The zero-order valence-electron chi connectivity index (χ0n) is 6.08. The zero-order chi connectivity index (χ0) is 7.40. The third kappa shape index (κ3) is 1.62. The Kier molecular flexibility index (Phi) is 2.54. The fourth-order valence-electron chi connectivity index (χ4n) is 1.48. The number of hydrogen-bond acceptors (Lipinski definition) is 2. The van der Waals surface area contributed by atoms with E-state index in [1.54, 1.807) is 0 Å². The smallest absolute Gasteiger partial charge is 0.142 e. The Bertz CT molecular complexity index is 128. The summed E-state index contributed by atoms with van der Waals surface area (Å²) in [6, 6.07) is 0. The first-order valence-electron chi connectivity index (χ1n) is 3.82. The van der Waals surface area contributed by atoms with Crippen molar-refractivity contribution in [1.29, 1.82) is 0 Å². The van der Waals surface area contributed by atoms with Crippen molar-refractivity contribution in [3.8, 4) is 0 Å². The summed E-state index contributed by atoms with van der Waals surface area (Å²) >= 11 is 0. The van der Waals surface area contributed by atoms with Gasteiger partial charge in [-0.1, -0.05) is 24.4 Å². The third-order valence-electron chi connectivity index (χ3n) is 2.14. The maximum atomic E-state index is 8.35. The molecule has 0 atom stereocenters. The SMILES string of the molecule is NC(=NO)C1CCCCC1. The van der Waals surface area contributed by atoms with Gasteiger partial charge in [-0.15, -0.1) is 0 Å². The highest BCUT2D eigenvalue weighted by molar-refractivity contribution is 5.82. The molecule has 3 nitrogen and oxygen atoms in total. The molecule has 0 unspecified atom stereocenters. The fraction of sp³-hybridized carbons (Fsp3) is 0.857. The van der Waals surface area contributed by atoms with E-state index in [4.69, 9.17) is 10.9 Å². The lowest BCUT2D eigenvalue weighted by Gasteiger charge is -2.19. The summed E-state index contributed by atoms with van der Waals surface area (Å²) in [6.07, 6.45) is 5.93. The van der Waals surface area contributed by atoms with E-state index in [1.165, 1.54) is 19.3 Å². The molecule has 1 fully saturated rings. The van der Waals surface area contributed by atoms with Crippen LogP contribution < -0.4 is 5.73 Å².